The minimum Gasteiger partial charge on any atom is -0.463 e. The summed E-state index contributed by atoms with van der Waals surface area (Å²) in [6, 6.07) is -0.542. The SMILES string of the molecule is CCOC(=O)/C(C)=C/[C@@H](O)[C@@H](N)COC. The van der Waals surface area contributed by atoms with E-state index in [-0.39, 0.29) is 6.61 Å². The minimum absolute atomic E-state index is 0.230. The van der Waals surface area contributed by atoms with Gasteiger partial charge in [-0.25, -0.2) is 4.79 Å². The first-order chi connectivity index (χ1) is 7.02. The molecule has 0 radical (unpaired) electrons. The number of esters is 1. The van der Waals surface area contributed by atoms with Crippen molar-refractivity contribution >= 4 is 5.97 Å². The molecule has 0 saturated heterocycles. The van der Waals surface area contributed by atoms with Crippen LogP contribution in [0.5, 0.6) is 0 Å². The molecule has 15 heavy (non-hydrogen) atoms. The van der Waals surface area contributed by atoms with Gasteiger partial charge < -0.3 is 20.3 Å². The largest absolute Gasteiger partial charge is 0.463 e. The number of aliphatic hydroxyl groups excluding tert-OH is 1. The number of hydrogen-bond donors (Lipinski definition) is 2. The topological polar surface area (TPSA) is 81.8 Å². The second-order valence-corrected chi connectivity index (χ2v) is 3.18. The van der Waals surface area contributed by atoms with Crippen molar-refractivity contribution in [1.29, 1.82) is 0 Å². The molecule has 0 spiro atoms. The first-order valence-corrected chi connectivity index (χ1v) is 4.81. The van der Waals surface area contributed by atoms with Crippen molar-refractivity contribution in [2.45, 2.75) is 26.0 Å². The number of hydrogen-bond acceptors (Lipinski definition) is 5. The van der Waals surface area contributed by atoms with Gasteiger partial charge in [-0.05, 0) is 19.9 Å². The summed E-state index contributed by atoms with van der Waals surface area (Å²) in [5.41, 5.74) is 5.92. The summed E-state index contributed by atoms with van der Waals surface area (Å²) in [5.74, 6) is -0.443. The van der Waals surface area contributed by atoms with Gasteiger partial charge in [0.05, 0.1) is 25.4 Å². The fourth-order valence-electron chi connectivity index (χ4n) is 0.984. The molecule has 5 heteroatoms. The predicted molar refractivity (Wildman–Crippen MR) is 56.2 cm³/mol. The average molecular weight is 217 g/mol. The zero-order chi connectivity index (χ0) is 11.8. The van der Waals surface area contributed by atoms with Gasteiger partial charge in [-0.15, -0.1) is 0 Å². The van der Waals surface area contributed by atoms with E-state index in [1.165, 1.54) is 13.2 Å². The molecule has 0 aliphatic heterocycles. The molecule has 0 aromatic heterocycles. The molecule has 0 aliphatic carbocycles. The van der Waals surface area contributed by atoms with Crippen molar-refractivity contribution < 1.29 is 19.4 Å². The molecular weight excluding hydrogens is 198 g/mol. The third-order valence-electron chi connectivity index (χ3n) is 1.82. The molecule has 0 aliphatic rings. The normalized spacial score (nSPS) is 15.9. The molecule has 0 rings (SSSR count). The van der Waals surface area contributed by atoms with E-state index >= 15 is 0 Å². The van der Waals surface area contributed by atoms with E-state index in [4.69, 9.17) is 15.2 Å². The molecule has 3 N–H and O–H groups in total. The highest BCUT2D eigenvalue weighted by atomic mass is 16.5. The van der Waals surface area contributed by atoms with E-state index in [2.05, 4.69) is 0 Å². The van der Waals surface area contributed by atoms with Gasteiger partial charge >= 0.3 is 5.97 Å². The molecule has 0 fully saturated rings. The van der Waals surface area contributed by atoms with Crippen LogP contribution in [0.25, 0.3) is 0 Å². The van der Waals surface area contributed by atoms with Gasteiger partial charge in [0, 0.05) is 12.7 Å². The maximum Gasteiger partial charge on any atom is 0.333 e. The molecule has 0 bridgehead atoms. The lowest BCUT2D eigenvalue weighted by atomic mass is 10.1. The quantitative estimate of drug-likeness (QED) is 0.477. The number of carbonyl (C=O) groups is 1. The maximum absolute atomic E-state index is 11.2. The van der Waals surface area contributed by atoms with Crippen LogP contribution in [0.3, 0.4) is 0 Å². The average Bonchev–Trinajstić information content (AvgIpc) is 2.18. The van der Waals surface area contributed by atoms with Gasteiger partial charge in [-0.3, -0.25) is 0 Å². The lowest BCUT2D eigenvalue weighted by molar-refractivity contribution is -0.138. The molecule has 0 aromatic carbocycles. The highest BCUT2D eigenvalue weighted by Crippen LogP contribution is 2.02. The Morgan fingerprint density at radius 1 is 1.60 bits per heavy atom. The van der Waals surface area contributed by atoms with Crippen LogP contribution in [0.4, 0.5) is 0 Å². The summed E-state index contributed by atoms with van der Waals surface area (Å²) in [6.45, 7) is 3.83. The van der Waals surface area contributed by atoms with E-state index in [0.29, 0.717) is 12.2 Å². The second kappa shape index (κ2) is 7.39. The number of nitrogens with two attached hydrogens (primary N) is 1. The third kappa shape index (κ3) is 5.51. The molecule has 88 valence electrons. The van der Waals surface area contributed by atoms with Crippen molar-refractivity contribution in [2.75, 3.05) is 20.3 Å². The first kappa shape index (κ1) is 14.1. The van der Waals surface area contributed by atoms with Gasteiger partial charge in [0.25, 0.3) is 0 Å². The number of rotatable bonds is 6. The highest BCUT2D eigenvalue weighted by molar-refractivity contribution is 5.87. The van der Waals surface area contributed by atoms with Crippen LogP contribution in [0, 0.1) is 0 Å². The fraction of sp³-hybridized carbons (Fsp3) is 0.700. The van der Waals surface area contributed by atoms with Crippen molar-refractivity contribution in [3.63, 3.8) is 0 Å². The Morgan fingerprint density at radius 2 is 2.20 bits per heavy atom. The zero-order valence-electron chi connectivity index (χ0n) is 9.40. The van der Waals surface area contributed by atoms with Crippen LogP contribution in [0.2, 0.25) is 0 Å². The summed E-state index contributed by atoms with van der Waals surface area (Å²) in [7, 11) is 1.49. The standard InChI is InChI=1S/C10H19NO4/c1-4-15-10(13)7(2)5-9(12)8(11)6-14-3/h5,8-9,12H,4,6,11H2,1-3H3/b7-5+/t8-,9+/m0/s1. The van der Waals surface area contributed by atoms with Crippen LogP contribution in [-0.2, 0) is 14.3 Å². The summed E-state index contributed by atoms with van der Waals surface area (Å²) in [6.07, 6.45) is 0.469. The molecular formula is C10H19NO4. The van der Waals surface area contributed by atoms with Crippen molar-refractivity contribution in [2.24, 2.45) is 5.73 Å². The van der Waals surface area contributed by atoms with Crippen LogP contribution >= 0.6 is 0 Å². The van der Waals surface area contributed by atoms with Crippen molar-refractivity contribution in [1.82, 2.24) is 0 Å². The molecule has 0 unspecified atom stereocenters. The van der Waals surface area contributed by atoms with Gasteiger partial charge in [-0.2, -0.15) is 0 Å². The smallest absolute Gasteiger partial charge is 0.333 e. The molecule has 0 amide bonds. The molecule has 2 atom stereocenters. The van der Waals surface area contributed by atoms with Crippen LogP contribution in [0.15, 0.2) is 11.6 Å². The van der Waals surface area contributed by atoms with E-state index in [1.807, 2.05) is 0 Å². The molecule has 0 aromatic rings. The Labute approximate surface area is 89.9 Å². The van der Waals surface area contributed by atoms with E-state index in [9.17, 15) is 9.90 Å². The van der Waals surface area contributed by atoms with Gasteiger partial charge in [0.1, 0.15) is 0 Å². The van der Waals surface area contributed by atoms with E-state index in [1.54, 1.807) is 13.8 Å². The van der Waals surface area contributed by atoms with Crippen LogP contribution < -0.4 is 5.73 Å². The Kier molecular flexibility index (Phi) is 6.94. The summed E-state index contributed by atoms with van der Waals surface area (Å²) in [4.78, 5) is 11.2. The summed E-state index contributed by atoms with van der Waals surface area (Å²) in [5, 5.41) is 9.55. The first-order valence-electron chi connectivity index (χ1n) is 4.81. The maximum atomic E-state index is 11.2. The summed E-state index contributed by atoms with van der Waals surface area (Å²) < 4.78 is 9.54. The van der Waals surface area contributed by atoms with Crippen molar-refractivity contribution in [3.05, 3.63) is 11.6 Å². The Hall–Kier alpha value is -0.910. The Morgan fingerprint density at radius 3 is 2.67 bits per heavy atom. The number of methoxy groups -OCH3 is 1. The zero-order valence-corrected chi connectivity index (χ0v) is 9.40. The highest BCUT2D eigenvalue weighted by Gasteiger charge is 2.14. The number of carbonyl (C=O) groups excluding carboxylic acids is 1. The van der Waals surface area contributed by atoms with Gasteiger partial charge in [0.2, 0.25) is 0 Å². The number of ether oxygens (including phenoxy) is 2. The molecule has 5 nitrogen and oxygen atoms in total. The molecule has 0 heterocycles. The predicted octanol–water partition coefficient (Wildman–Crippen LogP) is -0.170. The Balaban J connectivity index is 4.27. The van der Waals surface area contributed by atoms with E-state index in [0.717, 1.165) is 0 Å². The van der Waals surface area contributed by atoms with Crippen molar-refractivity contribution in [3.8, 4) is 0 Å². The second-order valence-electron chi connectivity index (χ2n) is 3.18. The van der Waals surface area contributed by atoms with Crippen LogP contribution in [-0.4, -0.2) is 43.5 Å². The lowest BCUT2D eigenvalue weighted by Gasteiger charge is -2.15. The third-order valence-corrected chi connectivity index (χ3v) is 1.82. The van der Waals surface area contributed by atoms with E-state index < -0.39 is 18.1 Å². The minimum atomic E-state index is -0.908. The fourth-order valence-corrected chi connectivity index (χ4v) is 0.984. The lowest BCUT2D eigenvalue weighted by Crippen LogP contribution is -2.37. The van der Waals surface area contributed by atoms with Gasteiger partial charge in [0.15, 0.2) is 0 Å². The summed E-state index contributed by atoms with van der Waals surface area (Å²) >= 11 is 0. The molecule has 0 saturated carbocycles. The Bertz CT molecular complexity index is 227. The number of aliphatic hydroxyl groups is 1. The van der Waals surface area contributed by atoms with Gasteiger partial charge in [-0.1, -0.05) is 0 Å². The van der Waals surface area contributed by atoms with Crippen LogP contribution in [0.1, 0.15) is 13.8 Å². The monoisotopic (exact) mass is 217 g/mol.